The first-order valence-corrected chi connectivity index (χ1v) is 8.29. The lowest BCUT2D eigenvalue weighted by Gasteiger charge is -2.03. The molecule has 7 heteroatoms. The van der Waals surface area contributed by atoms with Crippen LogP contribution in [-0.2, 0) is 9.59 Å². The highest BCUT2D eigenvalue weighted by atomic mass is 35.5. The van der Waals surface area contributed by atoms with E-state index < -0.39 is 5.91 Å². The van der Waals surface area contributed by atoms with Crippen LogP contribution in [0.4, 0.5) is 0 Å². The molecule has 1 aliphatic heterocycles. The van der Waals surface area contributed by atoms with Gasteiger partial charge in [0, 0.05) is 23.6 Å². The van der Waals surface area contributed by atoms with Gasteiger partial charge in [-0.1, -0.05) is 23.7 Å². The molecule has 0 fully saturated rings. The highest BCUT2D eigenvalue weighted by Gasteiger charge is 2.23. The molecule has 0 unspecified atom stereocenters. The van der Waals surface area contributed by atoms with E-state index in [1.54, 1.807) is 12.1 Å². The van der Waals surface area contributed by atoms with Crippen molar-refractivity contribution >= 4 is 46.4 Å². The minimum atomic E-state index is -0.402. The van der Waals surface area contributed by atoms with Gasteiger partial charge in [0.25, 0.3) is 5.91 Å². The average molecular weight is 361 g/mol. The van der Waals surface area contributed by atoms with Crippen LogP contribution in [0.2, 0.25) is 5.02 Å². The Kier molecular flexibility index (Phi) is 4.59. The zero-order chi connectivity index (χ0) is 17.3. The topological polar surface area (TPSA) is 71.7 Å². The third kappa shape index (κ3) is 3.44. The summed E-state index contributed by atoms with van der Waals surface area (Å²) in [6, 6.07) is 9.19. The molecule has 1 N–H and O–H groups in total. The maximum atomic E-state index is 11.9. The summed E-state index contributed by atoms with van der Waals surface area (Å²) >= 11 is 7.23. The molecule has 1 aliphatic rings. The Morgan fingerprint density at radius 3 is 2.88 bits per heavy atom. The number of rotatable bonds is 2. The van der Waals surface area contributed by atoms with Crippen molar-refractivity contribution in [3.8, 4) is 11.3 Å². The Bertz CT molecular complexity index is 899. The van der Waals surface area contributed by atoms with E-state index in [-0.39, 0.29) is 11.1 Å². The van der Waals surface area contributed by atoms with Gasteiger partial charge in [-0.05, 0) is 42.4 Å². The molecule has 2 amide bonds. The van der Waals surface area contributed by atoms with Gasteiger partial charge in [0.15, 0.2) is 5.17 Å². The number of benzene rings is 1. The van der Waals surface area contributed by atoms with Crippen LogP contribution in [0.5, 0.6) is 0 Å². The van der Waals surface area contributed by atoms with E-state index in [2.05, 4.69) is 10.3 Å². The molecule has 0 saturated heterocycles. The van der Waals surface area contributed by atoms with Crippen molar-refractivity contribution < 1.29 is 14.0 Å². The molecule has 1 aromatic carbocycles. The fraction of sp³-hybridized carbons (Fsp3) is 0.118. The first kappa shape index (κ1) is 16.5. The van der Waals surface area contributed by atoms with Gasteiger partial charge in [-0.3, -0.25) is 9.59 Å². The minimum absolute atomic E-state index is 0.271. The zero-order valence-corrected chi connectivity index (χ0v) is 14.5. The van der Waals surface area contributed by atoms with Crippen molar-refractivity contribution in [1.29, 1.82) is 0 Å². The van der Waals surface area contributed by atoms with Crippen LogP contribution in [0.25, 0.3) is 17.4 Å². The number of aliphatic imine (C=N–C) groups is 1. The predicted molar refractivity (Wildman–Crippen MR) is 95.7 cm³/mol. The molecule has 24 heavy (non-hydrogen) atoms. The van der Waals surface area contributed by atoms with E-state index in [1.165, 1.54) is 6.92 Å². The van der Waals surface area contributed by atoms with E-state index in [1.807, 2.05) is 31.2 Å². The van der Waals surface area contributed by atoms with Gasteiger partial charge >= 0.3 is 0 Å². The van der Waals surface area contributed by atoms with Gasteiger partial charge in [-0.2, -0.15) is 4.99 Å². The molecule has 0 bridgehead atoms. The van der Waals surface area contributed by atoms with Gasteiger partial charge in [0.05, 0.1) is 4.91 Å². The largest absolute Gasteiger partial charge is 0.457 e. The predicted octanol–water partition coefficient (Wildman–Crippen LogP) is 4.01. The lowest BCUT2D eigenvalue weighted by molar-refractivity contribution is -0.117. The molecule has 5 nitrogen and oxygen atoms in total. The number of carbonyl (C=O) groups excluding carboxylic acids is 2. The van der Waals surface area contributed by atoms with Crippen molar-refractivity contribution in [1.82, 2.24) is 5.32 Å². The van der Waals surface area contributed by atoms with Crippen LogP contribution in [-0.4, -0.2) is 17.0 Å². The van der Waals surface area contributed by atoms with Gasteiger partial charge in [-0.25, -0.2) is 0 Å². The second-order valence-corrected chi connectivity index (χ2v) is 6.57. The van der Waals surface area contributed by atoms with E-state index >= 15 is 0 Å². The number of amides is 2. The van der Waals surface area contributed by atoms with Crippen molar-refractivity contribution in [3.05, 3.63) is 51.6 Å². The van der Waals surface area contributed by atoms with Gasteiger partial charge in [0.1, 0.15) is 11.5 Å². The highest BCUT2D eigenvalue weighted by Crippen LogP contribution is 2.32. The molecule has 3 rings (SSSR count). The molecular formula is C17H13ClN2O3S. The molecule has 122 valence electrons. The second-order valence-electron chi connectivity index (χ2n) is 5.13. The molecule has 2 aromatic rings. The van der Waals surface area contributed by atoms with Gasteiger partial charge in [-0.15, -0.1) is 0 Å². The lowest BCUT2D eigenvalue weighted by Crippen LogP contribution is -2.23. The molecule has 0 radical (unpaired) electrons. The summed E-state index contributed by atoms with van der Waals surface area (Å²) < 4.78 is 5.79. The molecule has 0 saturated carbocycles. The fourth-order valence-corrected chi connectivity index (χ4v) is 3.21. The fourth-order valence-electron chi connectivity index (χ4n) is 2.19. The Balaban J connectivity index is 1.83. The third-order valence-corrected chi connectivity index (χ3v) is 4.65. The number of hydrogen-bond donors (Lipinski definition) is 1. The van der Waals surface area contributed by atoms with E-state index in [0.717, 1.165) is 22.9 Å². The van der Waals surface area contributed by atoms with Gasteiger partial charge in [0.2, 0.25) is 5.91 Å². The quantitative estimate of drug-likeness (QED) is 0.821. The third-order valence-electron chi connectivity index (χ3n) is 3.34. The summed E-state index contributed by atoms with van der Waals surface area (Å²) in [5, 5.41) is 3.44. The molecule has 1 aromatic heterocycles. The smallest absolute Gasteiger partial charge is 0.286 e. The Morgan fingerprint density at radius 2 is 2.12 bits per heavy atom. The van der Waals surface area contributed by atoms with Crippen molar-refractivity contribution in [2.75, 3.05) is 0 Å². The van der Waals surface area contributed by atoms with Crippen molar-refractivity contribution in [3.63, 3.8) is 0 Å². The molecule has 2 heterocycles. The average Bonchev–Trinajstić information content (AvgIpc) is 3.09. The summed E-state index contributed by atoms with van der Waals surface area (Å²) in [5.41, 5.74) is 1.82. The van der Waals surface area contributed by atoms with Gasteiger partial charge < -0.3 is 9.73 Å². The zero-order valence-electron chi connectivity index (χ0n) is 12.9. The van der Waals surface area contributed by atoms with Crippen LogP contribution < -0.4 is 5.32 Å². The normalized spacial score (nSPS) is 15.7. The number of furan rings is 1. The van der Waals surface area contributed by atoms with E-state index in [9.17, 15) is 9.59 Å². The Morgan fingerprint density at radius 1 is 1.33 bits per heavy atom. The Hall–Kier alpha value is -2.31. The number of hydrogen-bond acceptors (Lipinski definition) is 4. The van der Waals surface area contributed by atoms with E-state index in [4.69, 9.17) is 16.0 Å². The molecule has 0 atom stereocenters. The van der Waals surface area contributed by atoms with Crippen LogP contribution in [0.3, 0.4) is 0 Å². The number of carbonyl (C=O) groups is 2. The standard InChI is InChI=1S/C17H13ClN2O3S/c1-9-12(4-3-5-13(9)18)14-7-6-11(23-14)8-15-16(22)20-17(24-15)19-10(2)21/h3-8H,1-2H3,(H,19,20,21,22)/b15-8-. The van der Waals surface area contributed by atoms with E-state index in [0.29, 0.717) is 21.4 Å². The molecular weight excluding hydrogens is 348 g/mol. The van der Waals surface area contributed by atoms with Crippen LogP contribution in [0.15, 0.2) is 44.6 Å². The molecule has 0 aliphatic carbocycles. The first-order chi connectivity index (χ1) is 11.4. The minimum Gasteiger partial charge on any atom is -0.457 e. The number of nitrogens with zero attached hydrogens (tertiary/aromatic N) is 1. The number of thioether (sulfide) groups is 1. The number of halogens is 1. The van der Waals surface area contributed by atoms with Crippen LogP contribution in [0, 0.1) is 6.92 Å². The number of nitrogens with one attached hydrogen (secondary N) is 1. The monoisotopic (exact) mass is 360 g/mol. The number of amidine groups is 1. The van der Waals surface area contributed by atoms with Crippen LogP contribution >= 0.6 is 23.4 Å². The summed E-state index contributed by atoms with van der Waals surface area (Å²) in [4.78, 5) is 27.1. The Labute approximate surface area is 147 Å². The molecule has 0 spiro atoms. The maximum absolute atomic E-state index is 11.9. The highest BCUT2D eigenvalue weighted by molar-refractivity contribution is 8.18. The second kappa shape index (κ2) is 6.67. The maximum Gasteiger partial charge on any atom is 0.286 e. The van der Waals surface area contributed by atoms with Crippen molar-refractivity contribution in [2.45, 2.75) is 13.8 Å². The first-order valence-electron chi connectivity index (χ1n) is 7.09. The summed E-state index contributed by atoms with van der Waals surface area (Å²) in [6.07, 6.45) is 1.61. The van der Waals surface area contributed by atoms with Crippen LogP contribution in [0.1, 0.15) is 18.2 Å². The SMILES string of the molecule is CC(=O)NC1=NC(=O)/C(=C/c2ccc(-c3cccc(Cl)c3C)o2)S1. The summed E-state index contributed by atoms with van der Waals surface area (Å²) in [7, 11) is 0. The summed E-state index contributed by atoms with van der Waals surface area (Å²) in [6.45, 7) is 3.28. The lowest BCUT2D eigenvalue weighted by atomic mass is 10.1. The van der Waals surface area contributed by atoms with Crippen molar-refractivity contribution in [2.24, 2.45) is 4.99 Å². The summed E-state index contributed by atoms with van der Waals surface area (Å²) in [5.74, 6) is 0.521.